The molecule has 0 saturated carbocycles. The Morgan fingerprint density at radius 3 is 3.04 bits per heavy atom. The van der Waals surface area contributed by atoms with Crippen LogP contribution in [0.4, 0.5) is 10.5 Å². The van der Waals surface area contributed by atoms with E-state index in [-0.39, 0.29) is 17.6 Å². The van der Waals surface area contributed by atoms with Gasteiger partial charge in [-0.25, -0.2) is 4.79 Å². The minimum absolute atomic E-state index is 0.0353. The number of anilines is 1. The third-order valence-corrected chi connectivity index (χ3v) is 4.51. The number of nitrogens with one attached hydrogen (secondary N) is 1. The quantitative estimate of drug-likeness (QED) is 0.924. The molecule has 1 aromatic rings. The fourth-order valence-corrected chi connectivity index (χ4v) is 3.12. The van der Waals surface area contributed by atoms with Crippen molar-refractivity contribution in [1.29, 1.82) is 0 Å². The van der Waals surface area contributed by atoms with Gasteiger partial charge in [-0.05, 0) is 36.8 Å². The van der Waals surface area contributed by atoms with Crippen molar-refractivity contribution in [3.8, 4) is 5.75 Å². The minimum atomic E-state index is -0.0353. The van der Waals surface area contributed by atoms with Crippen LogP contribution in [0.25, 0.3) is 0 Å². The van der Waals surface area contributed by atoms with Gasteiger partial charge in [0.15, 0.2) is 0 Å². The average molecular weight is 318 g/mol. The highest BCUT2D eigenvalue weighted by Crippen LogP contribution is 2.29. The van der Waals surface area contributed by atoms with E-state index in [0.29, 0.717) is 6.61 Å². The lowest BCUT2D eigenvalue weighted by Crippen LogP contribution is -2.34. The zero-order valence-corrected chi connectivity index (χ0v) is 14.0. The molecule has 2 aliphatic rings. The molecular formula is C18H26N2O3. The fourth-order valence-electron chi connectivity index (χ4n) is 3.12. The van der Waals surface area contributed by atoms with Crippen LogP contribution in [-0.4, -0.2) is 43.3 Å². The highest BCUT2D eigenvalue weighted by atomic mass is 16.5. The molecule has 1 aromatic carbocycles. The van der Waals surface area contributed by atoms with Crippen molar-refractivity contribution >= 4 is 11.7 Å². The number of hydrogen-bond donors (Lipinski definition) is 1. The predicted molar refractivity (Wildman–Crippen MR) is 89.9 cm³/mol. The minimum Gasteiger partial charge on any atom is -0.491 e. The third-order valence-electron chi connectivity index (χ3n) is 4.51. The number of carbonyl (C=O) groups is 1. The number of nitrogens with zero attached hydrogens (tertiary/aromatic N) is 1. The summed E-state index contributed by atoms with van der Waals surface area (Å²) in [5.74, 6) is 0.764. The number of urea groups is 1. The van der Waals surface area contributed by atoms with Crippen molar-refractivity contribution in [2.24, 2.45) is 5.41 Å². The molecule has 1 atom stereocenters. The lowest BCUT2D eigenvalue weighted by Gasteiger charge is -2.20. The van der Waals surface area contributed by atoms with Crippen LogP contribution < -0.4 is 10.1 Å². The Balaban J connectivity index is 1.53. The maximum atomic E-state index is 12.3. The van der Waals surface area contributed by atoms with Gasteiger partial charge in [0.1, 0.15) is 12.4 Å². The summed E-state index contributed by atoms with van der Waals surface area (Å²) >= 11 is 0. The molecule has 2 amide bonds. The summed E-state index contributed by atoms with van der Waals surface area (Å²) < 4.78 is 11.3. The van der Waals surface area contributed by atoms with E-state index in [1.807, 2.05) is 29.2 Å². The van der Waals surface area contributed by atoms with Crippen molar-refractivity contribution in [2.75, 3.05) is 31.6 Å². The number of amides is 2. The SMILES string of the molecule is CC1(C)CCN(C(=O)Nc2cccc(OC[C@@H]3CCCO3)c2)C1. The maximum absolute atomic E-state index is 12.3. The molecule has 2 fully saturated rings. The van der Waals surface area contributed by atoms with Crippen molar-refractivity contribution < 1.29 is 14.3 Å². The van der Waals surface area contributed by atoms with Crippen molar-refractivity contribution in [3.05, 3.63) is 24.3 Å². The van der Waals surface area contributed by atoms with E-state index in [4.69, 9.17) is 9.47 Å². The standard InChI is InChI=1S/C18H26N2O3/c1-18(2)8-9-20(13-18)17(21)19-14-5-3-6-15(11-14)23-12-16-7-4-10-22-16/h3,5-6,11,16H,4,7-10,12-13H2,1-2H3,(H,19,21)/t16-/m0/s1. The van der Waals surface area contributed by atoms with Crippen molar-refractivity contribution in [2.45, 2.75) is 39.2 Å². The van der Waals surface area contributed by atoms with E-state index >= 15 is 0 Å². The van der Waals surface area contributed by atoms with Crippen molar-refractivity contribution in [3.63, 3.8) is 0 Å². The number of rotatable bonds is 4. The monoisotopic (exact) mass is 318 g/mol. The summed E-state index contributed by atoms with van der Waals surface area (Å²) in [6, 6.07) is 7.52. The van der Waals surface area contributed by atoms with Crippen LogP contribution in [0.2, 0.25) is 0 Å². The lowest BCUT2D eigenvalue weighted by atomic mass is 9.93. The Labute approximate surface area is 137 Å². The number of carbonyl (C=O) groups excluding carboxylic acids is 1. The number of hydrogen-bond acceptors (Lipinski definition) is 3. The average Bonchev–Trinajstić information content (AvgIpc) is 3.15. The van der Waals surface area contributed by atoms with E-state index in [1.165, 1.54) is 0 Å². The normalized spacial score (nSPS) is 23.0. The van der Waals surface area contributed by atoms with Crippen molar-refractivity contribution in [1.82, 2.24) is 4.90 Å². The van der Waals surface area contributed by atoms with Crippen LogP contribution in [0, 0.1) is 5.41 Å². The van der Waals surface area contributed by atoms with E-state index in [9.17, 15) is 4.79 Å². The van der Waals surface area contributed by atoms with Crippen LogP contribution in [0.3, 0.4) is 0 Å². The smallest absolute Gasteiger partial charge is 0.321 e. The van der Waals surface area contributed by atoms with Gasteiger partial charge < -0.3 is 19.7 Å². The van der Waals surface area contributed by atoms with Gasteiger partial charge in [-0.1, -0.05) is 19.9 Å². The largest absolute Gasteiger partial charge is 0.491 e. The molecule has 0 spiro atoms. The van der Waals surface area contributed by atoms with E-state index < -0.39 is 0 Å². The summed E-state index contributed by atoms with van der Waals surface area (Å²) in [7, 11) is 0. The van der Waals surface area contributed by atoms with E-state index in [2.05, 4.69) is 19.2 Å². The molecule has 0 radical (unpaired) electrons. The Bertz CT molecular complexity index is 553. The first-order valence-corrected chi connectivity index (χ1v) is 8.42. The predicted octanol–water partition coefficient (Wildman–Crippen LogP) is 3.51. The van der Waals surface area contributed by atoms with Gasteiger partial charge in [-0.15, -0.1) is 0 Å². The Morgan fingerprint density at radius 1 is 1.48 bits per heavy atom. The second-order valence-corrected chi connectivity index (χ2v) is 7.24. The molecule has 5 heteroatoms. The van der Waals surface area contributed by atoms with Gasteiger partial charge in [0, 0.05) is 31.5 Å². The molecule has 5 nitrogen and oxygen atoms in total. The topological polar surface area (TPSA) is 50.8 Å². The highest BCUT2D eigenvalue weighted by Gasteiger charge is 2.32. The Morgan fingerprint density at radius 2 is 2.35 bits per heavy atom. The summed E-state index contributed by atoms with van der Waals surface area (Å²) in [5.41, 5.74) is 0.980. The summed E-state index contributed by atoms with van der Waals surface area (Å²) in [4.78, 5) is 14.2. The molecule has 0 bridgehead atoms. The molecule has 23 heavy (non-hydrogen) atoms. The fraction of sp³-hybridized carbons (Fsp3) is 0.611. The molecule has 126 valence electrons. The molecular weight excluding hydrogens is 292 g/mol. The Kier molecular flexibility index (Phi) is 4.76. The molecule has 0 unspecified atom stereocenters. The molecule has 3 rings (SSSR count). The molecule has 2 saturated heterocycles. The molecule has 2 heterocycles. The number of ether oxygens (including phenoxy) is 2. The zero-order chi connectivity index (χ0) is 16.3. The summed E-state index contributed by atoms with van der Waals surface area (Å²) in [6.45, 7) is 7.40. The summed E-state index contributed by atoms with van der Waals surface area (Å²) in [5, 5.41) is 2.97. The van der Waals surface area contributed by atoms with Crippen LogP contribution >= 0.6 is 0 Å². The van der Waals surface area contributed by atoms with E-state index in [0.717, 1.165) is 50.4 Å². The first kappa shape index (κ1) is 16.1. The van der Waals surface area contributed by atoms with Gasteiger partial charge in [0.05, 0.1) is 6.10 Å². The first-order chi connectivity index (χ1) is 11.0. The molecule has 0 aromatic heterocycles. The van der Waals surface area contributed by atoms with E-state index in [1.54, 1.807) is 0 Å². The maximum Gasteiger partial charge on any atom is 0.321 e. The third kappa shape index (κ3) is 4.38. The van der Waals surface area contributed by atoms with Gasteiger partial charge in [-0.3, -0.25) is 0 Å². The molecule has 2 aliphatic heterocycles. The second kappa shape index (κ2) is 6.79. The molecule has 1 N–H and O–H groups in total. The molecule has 0 aliphatic carbocycles. The highest BCUT2D eigenvalue weighted by molar-refractivity contribution is 5.89. The summed E-state index contributed by atoms with van der Waals surface area (Å²) in [6.07, 6.45) is 3.41. The zero-order valence-electron chi connectivity index (χ0n) is 14.0. The lowest BCUT2D eigenvalue weighted by molar-refractivity contribution is 0.0680. The van der Waals surface area contributed by atoms with Crippen LogP contribution in [0.15, 0.2) is 24.3 Å². The Hall–Kier alpha value is -1.75. The van der Waals surface area contributed by atoms with Gasteiger partial charge in [-0.2, -0.15) is 0 Å². The number of likely N-dealkylation sites (tertiary alicyclic amines) is 1. The first-order valence-electron chi connectivity index (χ1n) is 8.42. The van der Waals surface area contributed by atoms with Crippen LogP contribution in [0.5, 0.6) is 5.75 Å². The van der Waals surface area contributed by atoms with Gasteiger partial charge in [0.25, 0.3) is 0 Å². The van der Waals surface area contributed by atoms with Gasteiger partial charge >= 0.3 is 6.03 Å². The van der Waals surface area contributed by atoms with Crippen LogP contribution in [-0.2, 0) is 4.74 Å². The van der Waals surface area contributed by atoms with Gasteiger partial charge in [0.2, 0.25) is 0 Å². The van der Waals surface area contributed by atoms with Crippen LogP contribution in [0.1, 0.15) is 33.1 Å². The second-order valence-electron chi connectivity index (χ2n) is 7.24. The number of benzene rings is 1.